The number of nitrogens with two attached hydrogens (primary N) is 1. The van der Waals surface area contributed by atoms with Crippen LogP contribution in [0.15, 0.2) is 16.7 Å². The summed E-state index contributed by atoms with van der Waals surface area (Å²) in [5, 5.41) is 0. The molecule has 0 aliphatic carbocycles. The third-order valence-electron chi connectivity index (χ3n) is 3.40. The predicted octanol–water partition coefficient (Wildman–Crippen LogP) is 2.54. The Labute approximate surface area is 98.6 Å². The molecule has 0 aliphatic rings. The lowest BCUT2D eigenvalue weighted by Gasteiger charge is -2.31. The van der Waals surface area contributed by atoms with Gasteiger partial charge in [0, 0.05) is 24.2 Å². The van der Waals surface area contributed by atoms with Gasteiger partial charge in [0.15, 0.2) is 0 Å². The summed E-state index contributed by atoms with van der Waals surface area (Å²) < 4.78 is 5.29. The van der Waals surface area contributed by atoms with E-state index in [0.717, 1.165) is 31.7 Å². The van der Waals surface area contributed by atoms with Gasteiger partial charge in [-0.05, 0) is 32.9 Å². The molecule has 1 heterocycles. The normalized spacial score (nSPS) is 12.4. The van der Waals surface area contributed by atoms with Crippen LogP contribution in [-0.2, 0) is 6.54 Å². The highest BCUT2D eigenvalue weighted by molar-refractivity contribution is 5.15. The van der Waals surface area contributed by atoms with E-state index in [0.29, 0.717) is 0 Å². The van der Waals surface area contributed by atoms with Gasteiger partial charge >= 0.3 is 0 Å². The second-order valence-electron chi connectivity index (χ2n) is 4.74. The molecule has 0 radical (unpaired) electrons. The topological polar surface area (TPSA) is 42.4 Å². The van der Waals surface area contributed by atoms with Gasteiger partial charge in [0.05, 0.1) is 6.26 Å². The molecule has 92 valence electrons. The molecule has 0 saturated carbocycles. The van der Waals surface area contributed by atoms with Crippen molar-refractivity contribution in [3.8, 4) is 0 Å². The highest BCUT2D eigenvalue weighted by atomic mass is 16.3. The SMILES string of the molecule is CCC(N)(CC)CN(C)Cc1ccoc1C. The van der Waals surface area contributed by atoms with E-state index < -0.39 is 0 Å². The summed E-state index contributed by atoms with van der Waals surface area (Å²) in [5.74, 6) is 1.00. The van der Waals surface area contributed by atoms with E-state index in [2.05, 4.69) is 25.8 Å². The number of nitrogens with zero attached hydrogens (tertiary/aromatic N) is 1. The summed E-state index contributed by atoms with van der Waals surface area (Å²) in [4.78, 5) is 2.27. The van der Waals surface area contributed by atoms with Crippen LogP contribution >= 0.6 is 0 Å². The van der Waals surface area contributed by atoms with Gasteiger partial charge in [-0.2, -0.15) is 0 Å². The van der Waals surface area contributed by atoms with Crippen LogP contribution < -0.4 is 5.73 Å². The number of hydrogen-bond acceptors (Lipinski definition) is 3. The molecule has 16 heavy (non-hydrogen) atoms. The Morgan fingerprint density at radius 1 is 1.38 bits per heavy atom. The summed E-state index contributed by atoms with van der Waals surface area (Å²) in [6.07, 6.45) is 3.77. The molecule has 0 unspecified atom stereocenters. The Kier molecular flexibility index (Phi) is 4.56. The molecule has 0 spiro atoms. The van der Waals surface area contributed by atoms with Crippen LogP contribution in [0.25, 0.3) is 0 Å². The molecule has 2 N–H and O–H groups in total. The fraction of sp³-hybridized carbons (Fsp3) is 0.692. The first kappa shape index (κ1) is 13.3. The van der Waals surface area contributed by atoms with E-state index in [1.807, 2.05) is 13.0 Å². The Balaban J connectivity index is 2.53. The van der Waals surface area contributed by atoms with Crippen LogP contribution in [0.1, 0.15) is 38.0 Å². The molecular formula is C13H24N2O. The third kappa shape index (κ3) is 3.35. The first-order valence-corrected chi connectivity index (χ1v) is 6.01. The van der Waals surface area contributed by atoms with Gasteiger partial charge in [0.25, 0.3) is 0 Å². The van der Waals surface area contributed by atoms with Gasteiger partial charge in [-0.1, -0.05) is 13.8 Å². The minimum Gasteiger partial charge on any atom is -0.469 e. The molecule has 0 saturated heterocycles. The highest BCUT2D eigenvalue weighted by Crippen LogP contribution is 2.16. The first-order chi connectivity index (χ1) is 7.50. The zero-order chi connectivity index (χ0) is 12.2. The van der Waals surface area contributed by atoms with E-state index in [9.17, 15) is 0 Å². The second kappa shape index (κ2) is 5.51. The molecule has 0 aliphatic heterocycles. The number of rotatable bonds is 6. The molecule has 3 heteroatoms. The van der Waals surface area contributed by atoms with E-state index >= 15 is 0 Å². The Morgan fingerprint density at radius 3 is 2.44 bits per heavy atom. The number of likely N-dealkylation sites (N-methyl/N-ethyl adjacent to an activating group) is 1. The van der Waals surface area contributed by atoms with Crippen molar-refractivity contribution in [1.29, 1.82) is 0 Å². The quantitative estimate of drug-likeness (QED) is 0.807. The summed E-state index contributed by atoms with van der Waals surface area (Å²) in [7, 11) is 2.11. The van der Waals surface area contributed by atoms with Gasteiger partial charge in [0.2, 0.25) is 0 Å². The average molecular weight is 224 g/mol. The van der Waals surface area contributed by atoms with Gasteiger partial charge in [-0.3, -0.25) is 0 Å². The molecular weight excluding hydrogens is 200 g/mol. The van der Waals surface area contributed by atoms with Crippen LogP contribution in [-0.4, -0.2) is 24.0 Å². The molecule has 0 fully saturated rings. The fourth-order valence-corrected chi connectivity index (χ4v) is 1.93. The molecule has 3 nitrogen and oxygen atoms in total. The summed E-state index contributed by atoms with van der Waals surface area (Å²) in [6.45, 7) is 8.13. The van der Waals surface area contributed by atoms with Crippen molar-refractivity contribution in [2.45, 2.75) is 45.7 Å². The largest absolute Gasteiger partial charge is 0.469 e. The lowest BCUT2D eigenvalue weighted by Crippen LogP contribution is -2.48. The smallest absolute Gasteiger partial charge is 0.105 e. The average Bonchev–Trinajstić information content (AvgIpc) is 2.64. The van der Waals surface area contributed by atoms with Crippen molar-refractivity contribution in [1.82, 2.24) is 4.90 Å². The maximum absolute atomic E-state index is 6.30. The second-order valence-corrected chi connectivity index (χ2v) is 4.74. The van der Waals surface area contributed by atoms with Crippen LogP contribution in [0, 0.1) is 6.92 Å². The van der Waals surface area contributed by atoms with Gasteiger partial charge in [-0.25, -0.2) is 0 Å². The maximum atomic E-state index is 6.30. The van der Waals surface area contributed by atoms with Crippen LogP contribution in [0.5, 0.6) is 0 Å². The van der Waals surface area contributed by atoms with Crippen molar-refractivity contribution in [3.63, 3.8) is 0 Å². The van der Waals surface area contributed by atoms with Crippen molar-refractivity contribution in [2.24, 2.45) is 5.73 Å². The van der Waals surface area contributed by atoms with Crippen LogP contribution in [0.4, 0.5) is 0 Å². The Bertz CT molecular complexity index is 315. The minimum absolute atomic E-state index is 0.0631. The van der Waals surface area contributed by atoms with E-state index in [-0.39, 0.29) is 5.54 Å². The molecule has 0 aromatic carbocycles. The van der Waals surface area contributed by atoms with E-state index in [1.54, 1.807) is 6.26 Å². The van der Waals surface area contributed by atoms with Gasteiger partial charge in [-0.15, -0.1) is 0 Å². The minimum atomic E-state index is -0.0631. The summed E-state index contributed by atoms with van der Waals surface area (Å²) in [6, 6.07) is 2.03. The number of hydrogen-bond donors (Lipinski definition) is 1. The van der Waals surface area contributed by atoms with Crippen molar-refractivity contribution in [2.75, 3.05) is 13.6 Å². The third-order valence-corrected chi connectivity index (χ3v) is 3.40. The van der Waals surface area contributed by atoms with E-state index in [1.165, 1.54) is 5.56 Å². The fourth-order valence-electron chi connectivity index (χ4n) is 1.93. The summed E-state index contributed by atoms with van der Waals surface area (Å²) in [5.41, 5.74) is 7.48. The van der Waals surface area contributed by atoms with Crippen molar-refractivity contribution in [3.05, 3.63) is 23.7 Å². The molecule has 0 bridgehead atoms. The highest BCUT2D eigenvalue weighted by Gasteiger charge is 2.22. The number of furan rings is 1. The molecule has 0 atom stereocenters. The zero-order valence-corrected chi connectivity index (χ0v) is 10.9. The Morgan fingerprint density at radius 2 is 2.00 bits per heavy atom. The van der Waals surface area contributed by atoms with Crippen molar-refractivity contribution >= 4 is 0 Å². The zero-order valence-electron chi connectivity index (χ0n) is 10.9. The lowest BCUT2D eigenvalue weighted by molar-refractivity contribution is 0.227. The molecule has 0 amide bonds. The summed E-state index contributed by atoms with van der Waals surface area (Å²) >= 11 is 0. The van der Waals surface area contributed by atoms with Crippen LogP contribution in [0.2, 0.25) is 0 Å². The Hall–Kier alpha value is -0.800. The predicted molar refractivity (Wildman–Crippen MR) is 67.3 cm³/mol. The maximum Gasteiger partial charge on any atom is 0.105 e. The molecule has 1 aromatic rings. The van der Waals surface area contributed by atoms with Gasteiger partial charge < -0.3 is 15.1 Å². The van der Waals surface area contributed by atoms with Gasteiger partial charge in [0.1, 0.15) is 5.76 Å². The van der Waals surface area contributed by atoms with Crippen molar-refractivity contribution < 1.29 is 4.42 Å². The lowest BCUT2D eigenvalue weighted by atomic mass is 9.93. The number of aryl methyl sites for hydroxylation is 1. The van der Waals surface area contributed by atoms with E-state index in [4.69, 9.17) is 10.2 Å². The standard InChI is InChI=1S/C13H24N2O/c1-5-13(14,6-2)10-15(4)9-12-7-8-16-11(12)3/h7-8H,5-6,9-10,14H2,1-4H3. The monoisotopic (exact) mass is 224 g/mol. The molecule has 1 aromatic heterocycles. The molecule has 1 rings (SSSR count). The van der Waals surface area contributed by atoms with Crippen LogP contribution in [0.3, 0.4) is 0 Å². The first-order valence-electron chi connectivity index (χ1n) is 6.01.